The van der Waals surface area contributed by atoms with Gasteiger partial charge in [0, 0.05) is 6.61 Å². The summed E-state index contributed by atoms with van der Waals surface area (Å²) in [5, 5.41) is 0. The van der Waals surface area contributed by atoms with Crippen molar-refractivity contribution in [3.63, 3.8) is 0 Å². The van der Waals surface area contributed by atoms with Gasteiger partial charge in [0.1, 0.15) is 0 Å². The molecular formula is C21H34O. The van der Waals surface area contributed by atoms with Crippen LogP contribution in [0.4, 0.5) is 0 Å². The minimum Gasteiger partial charge on any atom is -0.378 e. The summed E-state index contributed by atoms with van der Waals surface area (Å²) < 4.78 is 6.11. The average Bonchev–Trinajstić information content (AvgIpc) is 2.55. The summed E-state index contributed by atoms with van der Waals surface area (Å²) >= 11 is 0. The summed E-state index contributed by atoms with van der Waals surface area (Å²) in [5.41, 5.74) is 1.45. The first-order valence-corrected chi connectivity index (χ1v) is 9.43. The van der Waals surface area contributed by atoms with Crippen LogP contribution in [0.3, 0.4) is 0 Å². The molecule has 0 aromatic heterocycles. The van der Waals surface area contributed by atoms with Gasteiger partial charge < -0.3 is 4.74 Å². The Morgan fingerprint density at radius 1 is 1.05 bits per heavy atom. The van der Waals surface area contributed by atoms with Gasteiger partial charge in [-0.05, 0) is 56.4 Å². The molecule has 1 aromatic rings. The molecular weight excluding hydrogens is 268 g/mol. The lowest BCUT2D eigenvalue weighted by Gasteiger charge is -2.29. The first-order valence-electron chi connectivity index (χ1n) is 9.43. The van der Waals surface area contributed by atoms with Gasteiger partial charge >= 0.3 is 0 Å². The van der Waals surface area contributed by atoms with Crippen LogP contribution in [0, 0.1) is 11.8 Å². The third-order valence-electron chi connectivity index (χ3n) is 5.20. The van der Waals surface area contributed by atoms with Crippen LogP contribution in [0.25, 0.3) is 0 Å². The van der Waals surface area contributed by atoms with Gasteiger partial charge in [-0.3, -0.25) is 0 Å². The Labute approximate surface area is 137 Å². The highest BCUT2D eigenvalue weighted by Crippen LogP contribution is 2.31. The van der Waals surface area contributed by atoms with E-state index in [4.69, 9.17) is 4.74 Å². The fourth-order valence-corrected chi connectivity index (χ4v) is 3.72. The average molecular weight is 303 g/mol. The van der Waals surface area contributed by atoms with Gasteiger partial charge in [-0.15, -0.1) is 0 Å². The monoisotopic (exact) mass is 302 g/mol. The zero-order valence-corrected chi connectivity index (χ0v) is 14.6. The molecule has 1 heteroatoms. The largest absolute Gasteiger partial charge is 0.378 e. The predicted molar refractivity (Wildman–Crippen MR) is 95.2 cm³/mol. The minimum absolute atomic E-state index is 0.414. The van der Waals surface area contributed by atoms with Gasteiger partial charge in [0.25, 0.3) is 0 Å². The second kappa shape index (κ2) is 10.0. The molecule has 1 atom stereocenters. The van der Waals surface area contributed by atoms with Crippen LogP contribution in [0.5, 0.6) is 0 Å². The molecule has 0 spiro atoms. The molecule has 1 unspecified atom stereocenters. The van der Waals surface area contributed by atoms with Crippen LogP contribution >= 0.6 is 0 Å². The van der Waals surface area contributed by atoms with E-state index < -0.39 is 0 Å². The van der Waals surface area contributed by atoms with Crippen LogP contribution in [0.2, 0.25) is 0 Å². The molecule has 0 aliphatic heterocycles. The summed E-state index contributed by atoms with van der Waals surface area (Å²) in [5.74, 6) is 1.83. The van der Waals surface area contributed by atoms with Gasteiger partial charge in [-0.2, -0.15) is 0 Å². The Morgan fingerprint density at radius 3 is 2.41 bits per heavy atom. The van der Waals surface area contributed by atoms with Crippen LogP contribution in [-0.4, -0.2) is 12.7 Å². The Hall–Kier alpha value is -0.820. The molecule has 124 valence electrons. The molecule has 1 aliphatic rings. The fraction of sp³-hybridized carbons (Fsp3) is 0.714. The van der Waals surface area contributed by atoms with Crippen molar-refractivity contribution in [1.29, 1.82) is 0 Å². The number of benzene rings is 1. The number of hydrogen-bond acceptors (Lipinski definition) is 1. The highest BCUT2D eigenvalue weighted by molar-refractivity contribution is 5.14. The maximum Gasteiger partial charge on any atom is 0.0547 e. The van der Waals surface area contributed by atoms with E-state index >= 15 is 0 Å². The van der Waals surface area contributed by atoms with Gasteiger partial charge in [0.15, 0.2) is 0 Å². The molecule has 1 fully saturated rings. The van der Waals surface area contributed by atoms with Gasteiger partial charge in [0.2, 0.25) is 0 Å². The molecule has 0 amide bonds. The van der Waals surface area contributed by atoms with Crippen molar-refractivity contribution >= 4 is 0 Å². The molecule has 2 rings (SSSR count). The van der Waals surface area contributed by atoms with Crippen molar-refractivity contribution in [1.82, 2.24) is 0 Å². The first kappa shape index (κ1) is 17.5. The lowest BCUT2D eigenvalue weighted by molar-refractivity contribution is 0.0214. The third-order valence-corrected chi connectivity index (χ3v) is 5.20. The van der Waals surface area contributed by atoms with Crippen molar-refractivity contribution < 1.29 is 4.74 Å². The van der Waals surface area contributed by atoms with Crippen LogP contribution in [-0.2, 0) is 11.2 Å². The first-order chi connectivity index (χ1) is 10.8. The molecule has 1 saturated carbocycles. The van der Waals surface area contributed by atoms with Crippen LogP contribution < -0.4 is 0 Å². The molecule has 0 saturated heterocycles. The van der Waals surface area contributed by atoms with Crippen molar-refractivity contribution in [2.45, 2.75) is 77.7 Å². The van der Waals surface area contributed by atoms with Crippen molar-refractivity contribution in [2.24, 2.45) is 11.8 Å². The van der Waals surface area contributed by atoms with E-state index in [1.54, 1.807) is 0 Å². The van der Waals surface area contributed by atoms with Crippen LogP contribution in [0.15, 0.2) is 30.3 Å². The molecule has 0 bridgehead atoms. The quantitative estimate of drug-likeness (QED) is 0.542. The Bertz CT molecular complexity index is 378. The molecule has 0 heterocycles. The summed E-state index contributed by atoms with van der Waals surface area (Å²) in [6.07, 6.45) is 12.4. The van der Waals surface area contributed by atoms with Gasteiger partial charge in [-0.25, -0.2) is 0 Å². The normalized spacial score (nSPS) is 23.4. The van der Waals surface area contributed by atoms with Crippen molar-refractivity contribution in [3.8, 4) is 0 Å². The number of rotatable bonds is 9. The lowest BCUT2D eigenvalue weighted by atomic mass is 9.80. The third kappa shape index (κ3) is 6.52. The minimum atomic E-state index is 0.414. The van der Waals surface area contributed by atoms with E-state index in [-0.39, 0.29) is 0 Å². The second-order valence-corrected chi connectivity index (χ2v) is 7.20. The Balaban J connectivity index is 1.53. The van der Waals surface area contributed by atoms with Crippen LogP contribution in [0.1, 0.15) is 70.8 Å². The topological polar surface area (TPSA) is 9.23 Å². The summed E-state index contributed by atoms with van der Waals surface area (Å²) in [4.78, 5) is 0. The maximum absolute atomic E-state index is 6.11. The predicted octanol–water partition coefficient (Wildman–Crippen LogP) is 6.02. The van der Waals surface area contributed by atoms with E-state index in [0.717, 1.165) is 18.4 Å². The van der Waals surface area contributed by atoms with Crippen molar-refractivity contribution in [3.05, 3.63) is 35.9 Å². The zero-order chi connectivity index (χ0) is 15.6. The van der Waals surface area contributed by atoms with E-state index in [9.17, 15) is 0 Å². The lowest BCUT2D eigenvalue weighted by Crippen LogP contribution is -2.21. The van der Waals surface area contributed by atoms with E-state index in [2.05, 4.69) is 44.2 Å². The highest BCUT2D eigenvalue weighted by atomic mass is 16.5. The molecule has 1 aliphatic carbocycles. The maximum atomic E-state index is 6.11. The highest BCUT2D eigenvalue weighted by Gasteiger charge is 2.21. The molecule has 0 radical (unpaired) electrons. The summed E-state index contributed by atoms with van der Waals surface area (Å²) in [7, 11) is 0. The number of ether oxygens (including phenoxy) is 1. The number of aryl methyl sites for hydroxylation is 1. The molecule has 1 aromatic carbocycles. The van der Waals surface area contributed by atoms with Gasteiger partial charge in [0.05, 0.1) is 6.10 Å². The fourth-order valence-electron chi connectivity index (χ4n) is 3.72. The van der Waals surface area contributed by atoms with E-state index in [1.165, 1.54) is 63.4 Å². The SMILES string of the molecule is CCCC1CCC(COC(C)CCCc2ccccc2)CC1. The van der Waals surface area contributed by atoms with E-state index in [0.29, 0.717) is 6.10 Å². The standard InChI is InChI=1S/C21H34O/c1-3-8-19-13-15-21(16-14-19)17-22-18(2)9-7-12-20-10-5-4-6-11-20/h4-6,10-11,18-19,21H,3,7-9,12-17H2,1-2H3. The smallest absolute Gasteiger partial charge is 0.0547 e. The molecule has 22 heavy (non-hydrogen) atoms. The van der Waals surface area contributed by atoms with Crippen molar-refractivity contribution in [2.75, 3.05) is 6.61 Å². The zero-order valence-electron chi connectivity index (χ0n) is 14.6. The second-order valence-electron chi connectivity index (χ2n) is 7.20. The summed E-state index contributed by atoms with van der Waals surface area (Å²) in [6, 6.07) is 10.8. The van der Waals surface area contributed by atoms with E-state index in [1.807, 2.05) is 0 Å². The Morgan fingerprint density at radius 2 is 1.73 bits per heavy atom. The Kier molecular flexibility index (Phi) is 8.01. The van der Waals surface area contributed by atoms with Gasteiger partial charge in [-0.1, -0.05) is 62.9 Å². The summed E-state index contributed by atoms with van der Waals surface area (Å²) in [6.45, 7) is 5.55. The molecule has 1 nitrogen and oxygen atoms in total. The molecule has 0 N–H and O–H groups in total. The number of hydrogen-bond donors (Lipinski definition) is 0.